The highest BCUT2D eigenvalue weighted by Crippen LogP contribution is 2.52. The Hall–Kier alpha value is -3.60. The summed E-state index contributed by atoms with van der Waals surface area (Å²) in [7, 11) is 0. The maximum atomic E-state index is 11.6. The maximum Gasteiger partial charge on any atom is 0.292 e. The zero-order valence-electron chi connectivity index (χ0n) is 16.4. The highest BCUT2D eigenvalue weighted by atomic mass is 16.6. The van der Waals surface area contributed by atoms with Gasteiger partial charge in [0.2, 0.25) is 0 Å². The van der Waals surface area contributed by atoms with Gasteiger partial charge in [-0.1, -0.05) is 66.7 Å². The number of allylic oxidation sites excluding steroid dienone is 2. The number of benzene rings is 3. The number of ether oxygens (including phenoxy) is 1. The molecule has 3 aromatic rings. The van der Waals surface area contributed by atoms with Gasteiger partial charge in [-0.15, -0.1) is 0 Å². The second-order valence-electron chi connectivity index (χ2n) is 7.82. The van der Waals surface area contributed by atoms with E-state index in [4.69, 9.17) is 4.74 Å². The number of nitrogens with zero attached hydrogens (tertiary/aromatic N) is 1. The van der Waals surface area contributed by atoms with Crippen molar-refractivity contribution in [2.24, 2.45) is 5.92 Å². The molecule has 1 aliphatic carbocycles. The third-order valence-corrected chi connectivity index (χ3v) is 6.06. The van der Waals surface area contributed by atoms with Crippen molar-refractivity contribution in [1.82, 2.24) is 0 Å². The van der Waals surface area contributed by atoms with E-state index in [0.717, 1.165) is 28.9 Å². The van der Waals surface area contributed by atoms with E-state index < -0.39 is 0 Å². The van der Waals surface area contributed by atoms with Crippen LogP contribution in [-0.2, 0) is 6.61 Å². The summed E-state index contributed by atoms with van der Waals surface area (Å²) in [4.78, 5) is 11.3. The monoisotopic (exact) mass is 398 g/mol. The first-order chi connectivity index (χ1) is 14.7. The van der Waals surface area contributed by atoms with Crippen molar-refractivity contribution in [3.05, 3.63) is 112 Å². The van der Waals surface area contributed by atoms with Gasteiger partial charge in [0.15, 0.2) is 0 Å². The smallest absolute Gasteiger partial charge is 0.292 e. The van der Waals surface area contributed by atoms with E-state index >= 15 is 0 Å². The Morgan fingerprint density at radius 1 is 1.00 bits per heavy atom. The van der Waals surface area contributed by atoms with Crippen molar-refractivity contribution in [3.8, 4) is 5.75 Å². The lowest BCUT2D eigenvalue weighted by atomic mass is 9.77. The first-order valence-corrected chi connectivity index (χ1v) is 10.2. The molecule has 5 heteroatoms. The normalized spacial score (nSPS) is 21.4. The van der Waals surface area contributed by atoms with Crippen molar-refractivity contribution in [2.75, 3.05) is 5.32 Å². The van der Waals surface area contributed by atoms with Crippen LogP contribution in [0.25, 0.3) is 0 Å². The van der Waals surface area contributed by atoms with E-state index in [1.165, 1.54) is 0 Å². The zero-order chi connectivity index (χ0) is 20.5. The number of hydrogen-bond donors (Lipinski definition) is 1. The van der Waals surface area contributed by atoms with Crippen molar-refractivity contribution in [1.29, 1.82) is 0 Å². The molecule has 3 atom stereocenters. The quantitative estimate of drug-likeness (QED) is 0.325. The number of nitrogens with one attached hydrogen (secondary N) is 1. The van der Waals surface area contributed by atoms with E-state index in [2.05, 4.69) is 29.6 Å². The standard InChI is InChI=1S/C25H22N2O3/c28-27(29)23-11-5-10-22-20-8-4-9-21(20)24(26-25(22)23)18-12-14-19(15-13-18)30-16-17-6-2-1-3-7-17/h1-8,10-15,20-21,24,26H,9,16H2. The van der Waals surface area contributed by atoms with Crippen LogP contribution >= 0.6 is 0 Å². The molecule has 0 spiro atoms. The molecule has 2 aliphatic rings. The molecule has 1 N–H and O–H groups in total. The third kappa shape index (κ3) is 3.32. The fourth-order valence-corrected chi connectivity index (χ4v) is 4.60. The van der Waals surface area contributed by atoms with E-state index in [9.17, 15) is 10.1 Å². The molecule has 1 aliphatic heterocycles. The van der Waals surface area contributed by atoms with Gasteiger partial charge in [0.05, 0.1) is 11.0 Å². The molecule has 0 radical (unpaired) electrons. The number of rotatable bonds is 5. The van der Waals surface area contributed by atoms with Crippen LogP contribution in [-0.4, -0.2) is 4.92 Å². The number of nitro benzene ring substituents is 1. The Morgan fingerprint density at radius 2 is 1.80 bits per heavy atom. The van der Waals surface area contributed by atoms with Gasteiger partial charge >= 0.3 is 0 Å². The molecule has 0 aromatic heterocycles. The van der Waals surface area contributed by atoms with E-state index in [1.54, 1.807) is 12.1 Å². The first-order valence-electron chi connectivity index (χ1n) is 10.2. The molecule has 3 aromatic carbocycles. The van der Waals surface area contributed by atoms with E-state index in [-0.39, 0.29) is 22.6 Å². The second-order valence-corrected chi connectivity index (χ2v) is 7.82. The largest absolute Gasteiger partial charge is 0.489 e. The summed E-state index contributed by atoms with van der Waals surface area (Å²) in [5, 5.41) is 15.1. The van der Waals surface area contributed by atoms with Gasteiger partial charge in [0.25, 0.3) is 5.69 Å². The highest BCUT2D eigenvalue weighted by molar-refractivity contribution is 5.71. The number of nitro groups is 1. The van der Waals surface area contributed by atoms with Gasteiger partial charge in [-0.25, -0.2) is 0 Å². The molecule has 0 amide bonds. The fraction of sp³-hybridized carbons (Fsp3) is 0.200. The average Bonchev–Trinajstić information content (AvgIpc) is 3.28. The minimum Gasteiger partial charge on any atom is -0.489 e. The van der Waals surface area contributed by atoms with Crippen LogP contribution in [0.3, 0.4) is 0 Å². The van der Waals surface area contributed by atoms with Gasteiger partial charge < -0.3 is 10.1 Å². The minimum absolute atomic E-state index is 0.0155. The summed E-state index contributed by atoms with van der Waals surface area (Å²) < 4.78 is 5.91. The van der Waals surface area contributed by atoms with Crippen LogP contribution in [0.15, 0.2) is 84.9 Å². The van der Waals surface area contributed by atoms with Crippen molar-refractivity contribution < 1.29 is 9.66 Å². The van der Waals surface area contributed by atoms with Crippen LogP contribution in [0.4, 0.5) is 11.4 Å². The summed E-state index contributed by atoms with van der Waals surface area (Å²) >= 11 is 0. The molecular formula is C25H22N2O3. The Morgan fingerprint density at radius 3 is 2.57 bits per heavy atom. The Kier molecular flexibility index (Phi) is 4.71. The van der Waals surface area contributed by atoms with Gasteiger partial charge in [-0.05, 0) is 41.2 Å². The summed E-state index contributed by atoms with van der Waals surface area (Å²) in [5.41, 5.74) is 4.04. The molecule has 0 saturated heterocycles. The predicted molar refractivity (Wildman–Crippen MR) is 117 cm³/mol. The lowest BCUT2D eigenvalue weighted by molar-refractivity contribution is -0.384. The lowest BCUT2D eigenvalue weighted by Crippen LogP contribution is -2.29. The topological polar surface area (TPSA) is 64.4 Å². The maximum absolute atomic E-state index is 11.6. The molecule has 150 valence electrons. The van der Waals surface area contributed by atoms with Gasteiger partial charge in [-0.2, -0.15) is 0 Å². The van der Waals surface area contributed by atoms with Crippen LogP contribution in [0.5, 0.6) is 5.75 Å². The first kappa shape index (κ1) is 18.4. The molecule has 5 nitrogen and oxygen atoms in total. The Balaban J connectivity index is 1.40. The molecule has 0 bridgehead atoms. The number of hydrogen-bond acceptors (Lipinski definition) is 4. The summed E-state index contributed by atoms with van der Waals surface area (Å²) in [5.74, 6) is 1.35. The minimum atomic E-state index is -0.303. The molecule has 3 unspecified atom stereocenters. The number of fused-ring (bicyclic) bond motifs is 3. The van der Waals surface area contributed by atoms with Crippen molar-refractivity contribution in [2.45, 2.75) is 25.0 Å². The van der Waals surface area contributed by atoms with Crippen molar-refractivity contribution in [3.63, 3.8) is 0 Å². The summed E-state index contributed by atoms with van der Waals surface area (Å²) in [6.45, 7) is 0.524. The van der Waals surface area contributed by atoms with Crippen LogP contribution < -0.4 is 10.1 Å². The van der Waals surface area contributed by atoms with Gasteiger partial charge in [-0.3, -0.25) is 10.1 Å². The van der Waals surface area contributed by atoms with E-state index in [0.29, 0.717) is 18.2 Å². The molecule has 0 saturated carbocycles. The molecule has 30 heavy (non-hydrogen) atoms. The fourth-order valence-electron chi connectivity index (χ4n) is 4.60. The van der Waals surface area contributed by atoms with Crippen LogP contribution in [0, 0.1) is 16.0 Å². The summed E-state index contributed by atoms with van der Waals surface area (Å²) in [6, 6.07) is 23.5. The van der Waals surface area contributed by atoms with Crippen LogP contribution in [0.2, 0.25) is 0 Å². The highest BCUT2D eigenvalue weighted by Gasteiger charge is 2.40. The second kappa shape index (κ2) is 7.67. The lowest BCUT2D eigenvalue weighted by Gasteiger charge is -2.37. The molecular weight excluding hydrogens is 376 g/mol. The van der Waals surface area contributed by atoms with Crippen LogP contribution in [0.1, 0.15) is 35.1 Å². The Bertz CT molecular complexity index is 1090. The zero-order valence-corrected chi connectivity index (χ0v) is 16.4. The molecule has 0 fully saturated rings. The molecule has 1 heterocycles. The predicted octanol–water partition coefficient (Wildman–Crippen LogP) is 6.00. The van der Waals surface area contributed by atoms with Gasteiger partial charge in [0.1, 0.15) is 18.0 Å². The van der Waals surface area contributed by atoms with E-state index in [1.807, 2.05) is 48.5 Å². The molecule has 5 rings (SSSR count). The number of anilines is 1. The SMILES string of the molecule is O=[N+]([O-])c1cccc2c1NC(c1ccc(OCc3ccccc3)cc1)C1CC=CC21. The average molecular weight is 398 g/mol. The Labute approximate surface area is 175 Å². The van der Waals surface area contributed by atoms with Gasteiger partial charge in [0, 0.05) is 12.0 Å². The number of para-hydroxylation sites is 1. The summed E-state index contributed by atoms with van der Waals surface area (Å²) in [6.07, 6.45) is 5.34. The third-order valence-electron chi connectivity index (χ3n) is 6.06. The van der Waals surface area contributed by atoms with Crippen molar-refractivity contribution >= 4 is 11.4 Å².